The van der Waals surface area contributed by atoms with E-state index in [1.807, 2.05) is 24.4 Å². The first-order valence-electron chi connectivity index (χ1n) is 8.13. The van der Waals surface area contributed by atoms with Crippen LogP contribution in [0.15, 0.2) is 60.8 Å². The number of benzene rings is 1. The Hall–Kier alpha value is -2.46. The van der Waals surface area contributed by atoms with Gasteiger partial charge in [0.1, 0.15) is 5.69 Å². The molecule has 0 aliphatic carbocycles. The standard InChI is InChI=1S/C19H20N4/c1-2-6-16(7-3-1)9-11-22-12-13-23-17(15-22)14-19(21-23)18-8-4-5-10-20-18/h1-8,10,14H,9,11-13,15H2. The Labute approximate surface area is 136 Å². The van der Waals surface area contributed by atoms with Gasteiger partial charge in [0.25, 0.3) is 0 Å². The smallest absolute Gasteiger partial charge is 0.111 e. The van der Waals surface area contributed by atoms with Gasteiger partial charge in [0.15, 0.2) is 0 Å². The van der Waals surface area contributed by atoms with Crippen LogP contribution in [0.2, 0.25) is 0 Å². The van der Waals surface area contributed by atoms with E-state index in [1.165, 1.54) is 11.3 Å². The minimum Gasteiger partial charge on any atom is -0.295 e. The first kappa shape index (κ1) is 14.2. The molecule has 23 heavy (non-hydrogen) atoms. The van der Waals surface area contributed by atoms with Gasteiger partial charge in [-0.05, 0) is 30.2 Å². The van der Waals surface area contributed by atoms with E-state index in [4.69, 9.17) is 5.10 Å². The van der Waals surface area contributed by atoms with Crippen LogP contribution < -0.4 is 0 Å². The Morgan fingerprint density at radius 1 is 0.913 bits per heavy atom. The maximum absolute atomic E-state index is 4.70. The fourth-order valence-corrected chi connectivity index (χ4v) is 3.08. The maximum Gasteiger partial charge on any atom is 0.111 e. The van der Waals surface area contributed by atoms with Crippen molar-refractivity contribution < 1.29 is 0 Å². The predicted octanol–water partition coefficient (Wildman–Crippen LogP) is 3.00. The zero-order valence-corrected chi connectivity index (χ0v) is 13.1. The highest BCUT2D eigenvalue weighted by molar-refractivity contribution is 5.54. The van der Waals surface area contributed by atoms with Gasteiger partial charge in [0, 0.05) is 25.8 Å². The van der Waals surface area contributed by atoms with Crippen LogP contribution >= 0.6 is 0 Å². The number of hydrogen-bond donors (Lipinski definition) is 0. The second-order valence-corrected chi connectivity index (χ2v) is 5.97. The van der Waals surface area contributed by atoms with Gasteiger partial charge in [-0.3, -0.25) is 14.6 Å². The molecule has 3 aromatic rings. The predicted molar refractivity (Wildman–Crippen MR) is 90.9 cm³/mol. The van der Waals surface area contributed by atoms with Crippen molar-refractivity contribution >= 4 is 0 Å². The summed E-state index contributed by atoms with van der Waals surface area (Å²) in [6, 6.07) is 18.8. The molecule has 0 bridgehead atoms. The number of fused-ring (bicyclic) bond motifs is 1. The van der Waals surface area contributed by atoms with E-state index >= 15 is 0 Å². The molecule has 0 saturated heterocycles. The summed E-state index contributed by atoms with van der Waals surface area (Å²) in [5, 5.41) is 4.70. The number of hydrogen-bond acceptors (Lipinski definition) is 3. The van der Waals surface area contributed by atoms with Crippen molar-refractivity contribution in [3.63, 3.8) is 0 Å². The fourth-order valence-electron chi connectivity index (χ4n) is 3.08. The summed E-state index contributed by atoms with van der Waals surface area (Å²) in [4.78, 5) is 6.90. The lowest BCUT2D eigenvalue weighted by atomic mass is 10.1. The average Bonchev–Trinajstić information content (AvgIpc) is 3.05. The van der Waals surface area contributed by atoms with E-state index in [0.717, 1.165) is 44.0 Å². The van der Waals surface area contributed by atoms with Gasteiger partial charge in [-0.2, -0.15) is 5.10 Å². The van der Waals surface area contributed by atoms with Gasteiger partial charge in [0.05, 0.1) is 17.9 Å². The molecule has 0 N–H and O–H groups in total. The van der Waals surface area contributed by atoms with Gasteiger partial charge < -0.3 is 0 Å². The molecule has 0 spiro atoms. The van der Waals surface area contributed by atoms with Crippen LogP contribution in [0.25, 0.3) is 11.4 Å². The summed E-state index contributed by atoms with van der Waals surface area (Å²) in [5.41, 5.74) is 4.61. The molecule has 0 atom stereocenters. The molecule has 1 aliphatic heterocycles. The molecular formula is C19H20N4. The van der Waals surface area contributed by atoms with Gasteiger partial charge in [-0.15, -0.1) is 0 Å². The lowest BCUT2D eigenvalue weighted by Gasteiger charge is -2.27. The average molecular weight is 304 g/mol. The Kier molecular flexibility index (Phi) is 3.90. The summed E-state index contributed by atoms with van der Waals surface area (Å²) in [7, 11) is 0. The highest BCUT2D eigenvalue weighted by Crippen LogP contribution is 2.20. The molecule has 116 valence electrons. The minimum atomic E-state index is 0.949. The largest absolute Gasteiger partial charge is 0.295 e. The molecule has 4 heteroatoms. The summed E-state index contributed by atoms with van der Waals surface area (Å²) in [6.07, 6.45) is 2.92. The second-order valence-electron chi connectivity index (χ2n) is 5.97. The first-order chi connectivity index (χ1) is 11.4. The molecule has 4 nitrogen and oxygen atoms in total. The minimum absolute atomic E-state index is 0.949. The molecule has 2 aromatic heterocycles. The lowest BCUT2D eigenvalue weighted by molar-refractivity contribution is 0.216. The van der Waals surface area contributed by atoms with E-state index in [2.05, 4.69) is 51.0 Å². The van der Waals surface area contributed by atoms with Gasteiger partial charge in [0.2, 0.25) is 0 Å². The first-order valence-corrected chi connectivity index (χ1v) is 8.13. The fraction of sp³-hybridized carbons (Fsp3) is 0.263. The summed E-state index contributed by atoms with van der Waals surface area (Å²) in [6.45, 7) is 4.07. The third-order valence-corrected chi connectivity index (χ3v) is 4.36. The Morgan fingerprint density at radius 2 is 1.78 bits per heavy atom. The molecule has 3 heterocycles. The molecule has 0 radical (unpaired) electrons. The normalized spacial score (nSPS) is 14.6. The van der Waals surface area contributed by atoms with Crippen molar-refractivity contribution in [2.75, 3.05) is 13.1 Å². The molecule has 0 saturated carbocycles. The zero-order valence-electron chi connectivity index (χ0n) is 13.1. The third kappa shape index (κ3) is 3.17. The van der Waals surface area contributed by atoms with Crippen molar-refractivity contribution in [1.82, 2.24) is 19.7 Å². The van der Waals surface area contributed by atoms with E-state index < -0.39 is 0 Å². The highest BCUT2D eigenvalue weighted by atomic mass is 15.3. The van der Waals surface area contributed by atoms with Crippen LogP contribution in [0.1, 0.15) is 11.3 Å². The Morgan fingerprint density at radius 3 is 2.61 bits per heavy atom. The lowest BCUT2D eigenvalue weighted by Crippen LogP contribution is -2.35. The van der Waals surface area contributed by atoms with Crippen LogP contribution in [-0.4, -0.2) is 32.8 Å². The molecule has 0 amide bonds. The Balaban J connectivity index is 1.44. The third-order valence-electron chi connectivity index (χ3n) is 4.36. The monoisotopic (exact) mass is 304 g/mol. The Bertz CT molecular complexity index is 765. The van der Waals surface area contributed by atoms with Crippen LogP contribution in [0.5, 0.6) is 0 Å². The molecule has 0 unspecified atom stereocenters. The number of aromatic nitrogens is 3. The second kappa shape index (κ2) is 6.34. The number of nitrogens with zero attached hydrogens (tertiary/aromatic N) is 4. The van der Waals surface area contributed by atoms with Crippen LogP contribution in [-0.2, 0) is 19.5 Å². The topological polar surface area (TPSA) is 34.0 Å². The summed E-state index contributed by atoms with van der Waals surface area (Å²) in [5.74, 6) is 0. The van der Waals surface area contributed by atoms with Crippen molar-refractivity contribution in [2.45, 2.75) is 19.5 Å². The highest BCUT2D eigenvalue weighted by Gasteiger charge is 2.18. The van der Waals surface area contributed by atoms with Gasteiger partial charge >= 0.3 is 0 Å². The zero-order chi connectivity index (χ0) is 15.5. The quantitative estimate of drug-likeness (QED) is 0.743. The number of pyridine rings is 1. The molecule has 4 rings (SSSR count). The van der Waals surface area contributed by atoms with Gasteiger partial charge in [-0.1, -0.05) is 36.4 Å². The van der Waals surface area contributed by atoms with Gasteiger partial charge in [-0.25, -0.2) is 0 Å². The molecule has 1 aromatic carbocycles. The summed E-state index contributed by atoms with van der Waals surface area (Å²) < 4.78 is 2.13. The molecule has 0 fully saturated rings. The van der Waals surface area contributed by atoms with E-state index in [-0.39, 0.29) is 0 Å². The van der Waals surface area contributed by atoms with Crippen LogP contribution in [0.4, 0.5) is 0 Å². The van der Waals surface area contributed by atoms with Crippen LogP contribution in [0, 0.1) is 0 Å². The molecular weight excluding hydrogens is 284 g/mol. The van der Waals surface area contributed by atoms with E-state index in [1.54, 1.807) is 0 Å². The van der Waals surface area contributed by atoms with Crippen LogP contribution in [0.3, 0.4) is 0 Å². The molecule has 1 aliphatic rings. The van der Waals surface area contributed by atoms with Crippen molar-refractivity contribution in [2.24, 2.45) is 0 Å². The summed E-state index contributed by atoms with van der Waals surface area (Å²) >= 11 is 0. The maximum atomic E-state index is 4.70. The van der Waals surface area contributed by atoms with E-state index in [9.17, 15) is 0 Å². The SMILES string of the molecule is c1ccc(CCN2CCn3nc(-c4ccccn4)cc3C2)cc1. The number of rotatable bonds is 4. The van der Waals surface area contributed by atoms with Crippen molar-refractivity contribution in [3.05, 3.63) is 72.1 Å². The van der Waals surface area contributed by atoms with E-state index in [0.29, 0.717) is 0 Å². The van der Waals surface area contributed by atoms with Crippen molar-refractivity contribution in [1.29, 1.82) is 0 Å². The van der Waals surface area contributed by atoms with Crippen molar-refractivity contribution in [3.8, 4) is 11.4 Å².